The Bertz CT molecular complexity index is 2060. The summed E-state index contributed by atoms with van der Waals surface area (Å²) in [4.78, 5) is 77.4. The number of carboxylic acid groups (broad SMARTS) is 1. The molecule has 1 aliphatic rings. The highest BCUT2D eigenvalue weighted by Crippen LogP contribution is 2.39. The van der Waals surface area contributed by atoms with Crippen LogP contribution in [0.5, 0.6) is 5.75 Å². The maximum Gasteiger partial charge on any atom is 0.524 e. The van der Waals surface area contributed by atoms with Crippen LogP contribution in [0.1, 0.15) is 49.1 Å². The molecule has 1 aromatic heterocycles. The predicted octanol–water partition coefficient (Wildman–Crippen LogP) is 5.10. The molecule has 17 heteroatoms. The molecule has 0 saturated heterocycles. The van der Waals surface area contributed by atoms with E-state index >= 15 is 0 Å². The number of phosphoric acid groups is 1. The number of hydrogen-bond donors (Lipinski definition) is 7. The number of phosphoric ester groups is 1. The first-order valence-corrected chi connectivity index (χ1v) is 19.1. The van der Waals surface area contributed by atoms with Crippen LogP contribution in [0.15, 0.2) is 66.7 Å². The Morgan fingerprint density at radius 3 is 2.34 bits per heavy atom. The zero-order chi connectivity index (χ0) is 38.7. The number of benzene rings is 3. The highest BCUT2D eigenvalue weighted by atomic mass is 35.5. The number of primary amides is 1. The second-order valence-electron chi connectivity index (χ2n) is 13.2. The molecule has 8 N–H and O–H groups in total. The van der Waals surface area contributed by atoms with Gasteiger partial charge in [-0.05, 0) is 59.7 Å². The highest BCUT2D eigenvalue weighted by molar-refractivity contribution is 7.46. The predicted molar refractivity (Wildman–Crippen MR) is 198 cm³/mol. The molecule has 4 aromatic rings. The molecule has 3 aromatic carbocycles. The largest absolute Gasteiger partial charge is 0.524 e. The van der Waals surface area contributed by atoms with Crippen LogP contribution in [0.4, 0.5) is 4.79 Å². The summed E-state index contributed by atoms with van der Waals surface area (Å²) in [5.74, 6) is -2.70. The second kappa shape index (κ2) is 16.2. The molecule has 5 rings (SSSR count). The Labute approximate surface area is 315 Å². The number of carbonyl (C=O) groups excluding carboxylic acids is 3. The topological polar surface area (TPSA) is 224 Å². The molecule has 0 spiro atoms. The number of halogens is 2. The first-order chi connectivity index (χ1) is 25.0. The monoisotopic (exact) mass is 787 g/mol. The average molecular weight is 789 g/mol. The number of H-pyrrole nitrogens is 1. The van der Waals surface area contributed by atoms with Crippen LogP contribution in [-0.4, -0.2) is 66.2 Å². The molecule has 53 heavy (non-hydrogen) atoms. The van der Waals surface area contributed by atoms with E-state index in [0.717, 1.165) is 10.6 Å². The third-order valence-corrected chi connectivity index (χ3v) is 10.6. The van der Waals surface area contributed by atoms with Crippen LogP contribution >= 0.6 is 31.0 Å². The molecule has 0 saturated carbocycles. The van der Waals surface area contributed by atoms with Gasteiger partial charge < -0.3 is 31.0 Å². The van der Waals surface area contributed by atoms with E-state index in [0.29, 0.717) is 44.1 Å². The van der Waals surface area contributed by atoms with Crippen molar-refractivity contribution in [2.75, 3.05) is 0 Å². The van der Waals surface area contributed by atoms with Gasteiger partial charge in [0.2, 0.25) is 17.7 Å². The van der Waals surface area contributed by atoms with Gasteiger partial charge in [0.25, 0.3) is 0 Å². The van der Waals surface area contributed by atoms with Gasteiger partial charge in [0, 0.05) is 35.5 Å². The summed E-state index contributed by atoms with van der Waals surface area (Å²) in [5.41, 5.74) is 7.11. The number of nitrogens with zero attached hydrogens (tertiary/aromatic N) is 1. The zero-order valence-corrected chi connectivity index (χ0v) is 31.3. The van der Waals surface area contributed by atoms with E-state index in [1.54, 1.807) is 49.4 Å². The van der Waals surface area contributed by atoms with Crippen molar-refractivity contribution in [1.82, 2.24) is 20.5 Å². The smallest absolute Gasteiger partial charge is 0.465 e. The minimum atomic E-state index is -4.85. The van der Waals surface area contributed by atoms with Gasteiger partial charge in [-0.3, -0.25) is 29.1 Å². The van der Waals surface area contributed by atoms with Crippen molar-refractivity contribution in [3.05, 3.63) is 99.2 Å². The molecular weight excluding hydrogens is 748 g/mol. The molecular formula is C36H40Cl2N5O9P. The van der Waals surface area contributed by atoms with Gasteiger partial charge in [0.1, 0.15) is 23.4 Å². The molecule has 0 fully saturated rings. The summed E-state index contributed by atoms with van der Waals surface area (Å²) >= 11 is 12.9. The SMILES string of the molecule is CC[C@H](C)C(NC(=O)[C@@]1(NC(=O)[C@H](Cc2ccc(OP(=O)(O)O)cc2)N(Cc2ccccc2)C(=O)O)CCc2[nH]c3c(Cl)cc(Cl)cc3c2C1)C(N)=O. The lowest BCUT2D eigenvalue weighted by atomic mass is 9.78. The molecule has 1 heterocycles. The van der Waals surface area contributed by atoms with E-state index in [-0.39, 0.29) is 43.9 Å². The lowest BCUT2D eigenvalue weighted by Gasteiger charge is -2.40. The number of aromatic amines is 1. The van der Waals surface area contributed by atoms with Crippen molar-refractivity contribution in [1.29, 1.82) is 0 Å². The molecule has 1 unspecified atom stereocenters. The van der Waals surface area contributed by atoms with Crippen molar-refractivity contribution in [2.45, 2.75) is 70.1 Å². The van der Waals surface area contributed by atoms with E-state index in [9.17, 15) is 38.6 Å². The van der Waals surface area contributed by atoms with E-state index in [4.69, 9.17) is 28.9 Å². The summed E-state index contributed by atoms with van der Waals surface area (Å²) < 4.78 is 16.0. The maximum atomic E-state index is 14.7. The minimum Gasteiger partial charge on any atom is -0.465 e. The summed E-state index contributed by atoms with van der Waals surface area (Å²) in [6.07, 6.45) is -0.812. The second-order valence-corrected chi connectivity index (χ2v) is 15.2. The van der Waals surface area contributed by atoms with Gasteiger partial charge in [-0.1, -0.05) is 85.9 Å². The third-order valence-electron chi connectivity index (χ3n) is 9.60. The van der Waals surface area contributed by atoms with Gasteiger partial charge in [-0.15, -0.1) is 0 Å². The Kier molecular flexibility index (Phi) is 12.1. The van der Waals surface area contributed by atoms with Gasteiger partial charge >= 0.3 is 13.9 Å². The van der Waals surface area contributed by atoms with Gasteiger partial charge in [0.05, 0.1) is 10.5 Å². The zero-order valence-electron chi connectivity index (χ0n) is 28.8. The lowest BCUT2D eigenvalue weighted by Crippen LogP contribution is -2.67. The molecule has 4 amide bonds. The fourth-order valence-corrected chi connectivity index (χ4v) is 7.58. The van der Waals surface area contributed by atoms with Crippen LogP contribution in [0.25, 0.3) is 10.9 Å². The number of nitrogens with one attached hydrogen (secondary N) is 3. The molecule has 4 atom stereocenters. The maximum absolute atomic E-state index is 14.7. The fourth-order valence-electron chi connectivity index (χ4n) is 6.64. The molecule has 1 aliphatic carbocycles. The number of fused-ring (bicyclic) bond motifs is 3. The number of aryl methyl sites for hydroxylation is 1. The Morgan fingerprint density at radius 1 is 1.06 bits per heavy atom. The Hall–Kier alpha value is -4.59. The summed E-state index contributed by atoms with van der Waals surface area (Å²) in [5, 5.41) is 17.6. The standard InChI is InChI=1S/C36H40Cl2N5O9P/c1-3-20(2)30(32(39)44)41-34(46)36(14-13-28-26(18-36)25-16-23(37)17-27(38)31(25)40-28)42-33(45)29(43(35(47)48)19-22-7-5-4-6-8-22)15-21-9-11-24(12-10-21)52-53(49,50)51/h4-12,16-17,20,29-30,40H,3,13-15,18-19H2,1-2H3,(H2,39,44)(H,41,46)(H,42,45)(H,47,48)(H2,49,50,51)/t20-,29-,30?,36+/m0/s1. The number of amides is 4. The molecule has 0 radical (unpaired) electrons. The van der Waals surface area contributed by atoms with Crippen LogP contribution < -0.4 is 20.9 Å². The Morgan fingerprint density at radius 2 is 1.74 bits per heavy atom. The van der Waals surface area contributed by atoms with Crippen molar-refractivity contribution in [3.63, 3.8) is 0 Å². The van der Waals surface area contributed by atoms with Crippen LogP contribution in [0.2, 0.25) is 10.0 Å². The van der Waals surface area contributed by atoms with Crippen LogP contribution in [0, 0.1) is 5.92 Å². The molecule has 0 aliphatic heterocycles. The van der Waals surface area contributed by atoms with E-state index < -0.39 is 49.3 Å². The van der Waals surface area contributed by atoms with Gasteiger partial charge in [-0.2, -0.15) is 0 Å². The summed E-state index contributed by atoms with van der Waals surface area (Å²) in [6, 6.07) is 14.9. The normalized spacial score (nSPS) is 17.2. The van der Waals surface area contributed by atoms with E-state index in [1.165, 1.54) is 24.3 Å². The minimum absolute atomic E-state index is 0.0601. The van der Waals surface area contributed by atoms with Crippen LogP contribution in [-0.2, 0) is 44.8 Å². The van der Waals surface area contributed by atoms with Crippen molar-refractivity contribution < 1.29 is 43.2 Å². The van der Waals surface area contributed by atoms with E-state index in [2.05, 4.69) is 20.1 Å². The summed E-state index contributed by atoms with van der Waals surface area (Å²) in [6.45, 7) is 3.43. The number of rotatable bonds is 14. The Balaban J connectivity index is 1.58. The van der Waals surface area contributed by atoms with Gasteiger partial charge in [-0.25, -0.2) is 9.36 Å². The molecule has 0 bridgehead atoms. The first kappa shape index (κ1) is 39.6. The van der Waals surface area contributed by atoms with Crippen molar-refractivity contribution >= 4 is 65.7 Å². The van der Waals surface area contributed by atoms with Crippen molar-refractivity contribution in [2.24, 2.45) is 11.7 Å². The fraction of sp³-hybridized carbons (Fsp3) is 0.333. The number of carbonyl (C=O) groups is 4. The number of aromatic nitrogens is 1. The summed E-state index contributed by atoms with van der Waals surface area (Å²) in [7, 11) is -4.85. The van der Waals surface area contributed by atoms with Gasteiger partial charge in [0.15, 0.2) is 0 Å². The van der Waals surface area contributed by atoms with Crippen LogP contribution in [0.3, 0.4) is 0 Å². The number of nitrogens with two attached hydrogens (primary N) is 1. The number of hydrogen-bond acceptors (Lipinski definition) is 6. The average Bonchev–Trinajstić information content (AvgIpc) is 3.46. The molecule has 14 nitrogen and oxygen atoms in total. The third kappa shape index (κ3) is 9.32. The van der Waals surface area contributed by atoms with Crippen molar-refractivity contribution in [3.8, 4) is 5.75 Å². The van der Waals surface area contributed by atoms with E-state index in [1.807, 2.05) is 6.92 Å². The lowest BCUT2D eigenvalue weighted by molar-refractivity contribution is -0.138. The molecule has 282 valence electrons. The highest BCUT2D eigenvalue weighted by Gasteiger charge is 2.47. The quantitative estimate of drug-likeness (QED) is 0.0844. The first-order valence-electron chi connectivity index (χ1n) is 16.8.